The largest absolute Gasteiger partial charge is 0.397 e. The van der Waals surface area contributed by atoms with Gasteiger partial charge in [0, 0.05) is 18.8 Å². The van der Waals surface area contributed by atoms with Crippen molar-refractivity contribution < 1.29 is 4.39 Å². The Kier molecular flexibility index (Phi) is 3.89. The highest BCUT2D eigenvalue weighted by atomic mass is 35.5. The van der Waals surface area contributed by atoms with Crippen LogP contribution in [0.2, 0.25) is 5.02 Å². The fourth-order valence-corrected chi connectivity index (χ4v) is 2.98. The van der Waals surface area contributed by atoms with Crippen molar-refractivity contribution in [3.05, 3.63) is 16.9 Å². The van der Waals surface area contributed by atoms with Gasteiger partial charge in [-0.2, -0.15) is 11.8 Å². The summed E-state index contributed by atoms with van der Waals surface area (Å²) in [4.78, 5) is 1.95. The van der Waals surface area contributed by atoms with E-state index in [0.717, 1.165) is 31.0 Å². The number of rotatable bonds is 1. The Balaban J connectivity index is 2.39. The van der Waals surface area contributed by atoms with Crippen LogP contribution in [0.1, 0.15) is 6.42 Å². The molecule has 1 aromatic carbocycles. The summed E-state index contributed by atoms with van der Waals surface area (Å²) >= 11 is 7.70. The Hall–Kier alpha value is -0.810. The minimum atomic E-state index is -0.504. The third kappa shape index (κ3) is 2.55. The molecule has 0 aromatic heterocycles. The first-order chi connectivity index (χ1) is 8.11. The molecule has 0 aliphatic carbocycles. The Labute approximate surface area is 109 Å². The zero-order valence-corrected chi connectivity index (χ0v) is 11.0. The van der Waals surface area contributed by atoms with Crippen LogP contribution in [0, 0.1) is 5.82 Å². The van der Waals surface area contributed by atoms with Crippen molar-refractivity contribution in [2.45, 2.75) is 6.42 Å². The van der Waals surface area contributed by atoms with E-state index in [4.69, 9.17) is 23.1 Å². The molecule has 4 N–H and O–H groups in total. The lowest BCUT2D eigenvalue weighted by atomic mass is 10.2. The zero-order chi connectivity index (χ0) is 12.4. The lowest BCUT2D eigenvalue weighted by Crippen LogP contribution is -2.27. The Morgan fingerprint density at radius 2 is 2.00 bits per heavy atom. The quantitative estimate of drug-likeness (QED) is 0.774. The molecular weight excluding hydrogens is 261 g/mol. The first-order valence-electron chi connectivity index (χ1n) is 5.47. The van der Waals surface area contributed by atoms with E-state index in [1.807, 2.05) is 16.7 Å². The van der Waals surface area contributed by atoms with E-state index < -0.39 is 5.82 Å². The zero-order valence-electron chi connectivity index (χ0n) is 9.38. The van der Waals surface area contributed by atoms with Crippen LogP contribution >= 0.6 is 23.4 Å². The average Bonchev–Trinajstić information content (AvgIpc) is 2.55. The maximum Gasteiger partial charge on any atom is 0.169 e. The van der Waals surface area contributed by atoms with Crippen molar-refractivity contribution in [1.29, 1.82) is 0 Å². The van der Waals surface area contributed by atoms with Gasteiger partial charge in [-0.25, -0.2) is 4.39 Å². The molecule has 1 aliphatic heterocycles. The van der Waals surface area contributed by atoms with E-state index in [1.54, 1.807) is 0 Å². The summed E-state index contributed by atoms with van der Waals surface area (Å²) < 4.78 is 14.1. The summed E-state index contributed by atoms with van der Waals surface area (Å²) in [6, 6.07) is 1.53. The van der Waals surface area contributed by atoms with Crippen molar-refractivity contribution in [3.63, 3.8) is 0 Å². The number of halogens is 2. The van der Waals surface area contributed by atoms with Crippen molar-refractivity contribution >= 4 is 40.4 Å². The summed E-state index contributed by atoms with van der Waals surface area (Å²) in [5.41, 5.74) is 12.4. The standard InChI is InChI=1S/C11H15ClFN3S/c12-9-7(14)6-8(15)11(10(9)13)16-2-1-4-17-5-3-16/h6H,1-5,14-15H2. The van der Waals surface area contributed by atoms with Crippen molar-refractivity contribution in [1.82, 2.24) is 0 Å². The highest BCUT2D eigenvalue weighted by Crippen LogP contribution is 2.36. The van der Waals surface area contributed by atoms with Crippen LogP contribution in [0.3, 0.4) is 0 Å². The van der Waals surface area contributed by atoms with Gasteiger partial charge in [0.25, 0.3) is 0 Å². The molecule has 0 amide bonds. The van der Waals surface area contributed by atoms with Gasteiger partial charge in [-0.05, 0) is 18.2 Å². The first kappa shape index (κ1) is 12.6. The number of nitrogen functional groups attached to an aromatic ring is 2. The third-order valence-corrected chi connectivity index (χ3v) is 4.21. The minimum absolute atomic E-state index is 0.0360. The van der Waals surface area contributed by atoms with Gasteiger partial charge in [-0.3, -0.25) is 0 Å². The highest BCUT2D eigenvalue weighted by molar-refractivity contribution is 7.99. The van der Waals surface area contributed by atoms with E-state index in [2.05, 4.69) is 0 Å². The van der Waals surface area contributed by atoms with Crippen LogP contribution in [-0.4, -0.2) is 24.6 Å². The molecule has 0 saturated carbocycles. The maximum absolute atomic E-state index is 14.1. The molecule has 1 heterocycles. The Morgan fingerprint density at radius 3 is 2.76 bits per heavy atom. The molecular formula is C11H15ClFN3S. The predicted molar refractivity (Wildman–Crippen MR) is 74.4 cm³/mol. The Morgan fingerprint density at radius 1 is 1.24 bits per heavy atom. The summed E-state index contributed by atoms with van der Waals surface area (Å²) in [5.74, 6) is 1.57. The van der Waals surface area contributed by atoms with Gasteiger partial charge in [-0.15, -0.1) is 0 Å². The van der Waals surface area contributed by atoms with Gasteiger partial charge in [0.1, 0.15) is 5.02 Å². The molecule has 0 radical (unpaired) electrons. The Bertz CT molecular complexity index is 420. The molecule has 3 nitrogen and oxygen atoms in total. The summed E-state index contributed by atoms with van der Waals surface area (Å²) in [6.07, 6.45) is 1.02. The summed E-state index contributed by atoms with van der Waals surface area (Å²) in [6.45, 7) is 1.58. The molecule has 0 bridgehead atoms. The second-order valence-electron chi connectivity index (χ2n) is 3.98. The van der Waals surface area contributed by atoms with Crippen molar-refractivity contribution in [3.8, 4) is 0 Å². The van der Waals surface area contributed by atoms with Gasteiger partial charge < -0.3 is 16.4 Å². The molecule has 0 atom stereocenters. The number of hydrogen-bond acceptors (Lipinski definition) is 4. The summed E-state index contributed by atoms with van der Waals surface area (Å²) in [5, 5.41) is -0.0360. The smallest absolute Gasteiger partial charge is 0.169 e. The molecule has 0 unspecified atom stereocenters. The van der Waals surface area contributed by atoms with Crippen LogP contribution in [-0.2, 0) is 0 Å². The number of anilines is 3. The number of benzene rings is 1. The SMILES string of the molecule is Nc1cc(N)c(N2CCCSCC2)c(F)c1Cl. The molecule has 2 rings (SSSR count). The van der Waals surface area contributed by atoms with Crippen LogP contribution in [0.15, 0.2) is 6.07 Å². The van der Waals surface area contributed by atoms with Crippen LogP contribution < -0.4 is 16.4 Å². The normalized spacial score (nSPS) is 16.9. The molecule has 6 heteroatoms. The highest BCUT2D eigenvalue weighted by Gasteiger charge is 2.20. The first-order valence-corrected chi connectivity index (χ1v) is 7.00. The van der Waals surface area contributed by atoms with Crippen LogP contribution in [0.25, 0.3) is 0 Å². The fraction of sp³-hybridized carbons (Fsp3) is 0.455. The molecule has 1 aromatic rings. The van der Waals surface area contributed by atoms with Gasteiger partial charge in [0.05, 0.1) is 17.1 Å². The van der Waals surface area contributed by atoms with Crippen LogP contribution in [0.4, 0.5) is 21.5 Å². The molecule has 94 valence electrons. The number of thioether (sulfide) groups is 1. The van der Waals surface area contributed by atoms with Gasteiger partial charge in [-0.1, -0.05) is 11.6 Å². The van der Waals surface area contributed by atoms with E-state index >= 15 is 0 Å². The maximum atomic E-state index is 14.1. The second kappa shape index (κ2) is 5.23. The second-order valence-corrected chi connectivity index (χ2v) is 5.59. The molecule has 17 heavy (non-hydrogen) atoms. The van der Waals surface area contributed by atoms with E-state index in [0.29, 0.717) is 11.4 Å². The van der Waals surface area contributed by atoms with Crippen molar-refractivity contribution in [2.24, 2.45) is 0 Å². The molecule has 1 saturated heterocycles. The van der Waals surface area contributed by atoms with Crippen molar-refractivity contribution in [2.75, 3.05) is 41.0 Å². The van der Waals surface area contributed by atoms with Gasteiger partial charge in [0.2, 0.25) is 0 Å². The van der Waals surface area contributed by atoms with Crippen LogP contribution in [0.5, 0.6) is 0 Å². The minimum Gasteiger partial charge on any atom is -0.397 e. The van der Waals surface area contributed by atoms with E-state index in [9.17, 15) is 4.39 Å². The monoisotopic (exact) mass is 275 g/mol. The lowest BCUT2D eigenvalue weighted by molar-refractivity contribution is 0.620. The molecule has 1 fully saturated rings. The van der Waals surface area contributed by atoms with Gasteiger partial charge >= 0.3 is 0 Å². The average molecular weight is 276 g/mol. The third-order valence-electron chi connectivity index (χ3n) is 2.78. The summed E-state index contributed by atoms with van der Waals surface area (Å²) in [7, 11) is 0. The van der Waals surface area contributed by atoms with E-state index in [-0.39, 0.29) is 10.7 Å². The molecule has 0 spiro atoms. The number of hydrogen-bond donors (Lipinski definition) is 2. The number of nitrogens with two attached hydrogens (primary N) is 2. The van der Waals surface area contributed by atoms with Gasteiger partial charge in [0.15, 0.2) is 5.82 Å². The number of nitrogens with zero attached hydrogens (tertiary/aromatic N) is 1. The lowest BCUT2D eigenvalue weighted by Gasteiger charge is -2.25. The predicted octanol–water partition coefficient (Wildman–Crippen LogP) is 2.59. The van der Waals surface area contributed by atoms with E-state index in [1.165, 1.54) is 6.07 Å². The fourth-order valence-electron chi connectivity index (χ4n) is 1.95. The topological polar surface area (TPSA) is 55.3 Å². The molecule has 1 aliphatic rings.